The highest BCUT2D eigenvalue weighted by Gasteiger charge is 2.22. The number of hydrogen-bond acceptors (Lipinski definition) is 3. The van der Waals surface area contributed by atoms with Gasteiger partial charge in [0.05, 0.1) is 17.3 Å². The van der Waals surface area contributed by atoms with E-state index in [4.69, 9.17) is 0 Å². The standard InChI is InChI=1S/C18H16F2N4O/c1-12(13-3-6-15(7-4-13)24-11-21-10-22-24)23(2)18(25)16-8-5-14(19)9-17(16)20/h3-12H,1-2H3/t12-/m1/s1. The molecule has 0 saturated heterocycles. The molecule has 1 atom stereocenters. The predicted molar refractivity (Wildman–Crippen MR) is 88.2 cm³/mol. The zero-order valence-corrected chi connectivity index (χ0v) is 13.7. The van der Waals surface area contributed by atoms with E-state index in [1.54, 1.807) is 18.1 Å². The normalized spacial score (nSPS) is 12.0. The number of carbonyl (C=O) groups is 1. The summed E-state index contributed by atoms with van der Waals surface area (Å²) in [6, 6.07) is 10.1. The van der Waals surface area contributed by atoms with Gasteiger partial charge < -0.3 is 4.90 Å². The Labute approximate surface area is 143 Å². The molecule has 0 N–H and O–H groups in total. The minimum Gasteiger partial charge on any atom is -0.335 e. The van der Waals surface area contributed by atoms with Gasteiger partial charge in [-0.05, 0) is 36.8 Å². The number of halogens is 2. The zero-order chi connectivity index (χ0) is 18.0. The van der Waals surface area contributed by atoms with Crippen LogP contribution in [0.4, 0.5) is 8.78 Å². The number of nitrogens with zero attached hydrogens (tertiary/aromatic N) is 4. The van der Waals surface area contributed by atoms with Crippen LogP contribution in [-0.4, -0.2) is 32.6 Å². The average Bonchev–Trinajstić information content (AvgIpc) is 3.15. The quantitative estimate of drug-likeness (QED) is 0.730. The molecule has 0 aliphatic carbocycles. The van der Waals surface area contributed by atoms with Gasteiger partial charge in [-0.15, -0.1) is 0 Å². The van der Waals surface area contributed by atoms with Crippen LogP contribution < -0.4 is 0 Å². The van der Waals surface area contributed by atoms with E-state index in [1.165, 1.54) is 11.2 Å². The minimum absolute atomic E-state index is 0.157. The Morgan fingerprint density at radius 1 is 1.16 bits per heavy atom. The van der Waals surface area contributed by atoms with Crippen molar-refractivity contribution >= 4 is 5.91 Å². The lowest BCUT2D eigenvalue weighted by molar-refractivity contribution is 0.0738. The molecule has 0 unspecified atom stereocenters. The van der Waals surface area contributed by atoms with E-state index in [-0.39, 0.29) is 11.6 Å². The molecular formula is C18H16F2N4O. The molecule has 3 rings (SSSR count). The molecule has 0 bridgehead atoms. The highest BCUT2D eigenvalue weighted by Crippen LogP contribution is 2.23. The Morgan fingerprint density at radius 2 is 1.88 bits per heavy atom. The maximum absolute atomic E-state index is 13.8. The molecule has 1 heterocycles. The van der Waals surface area contributed by atoms with Crippen LogP contribution in [0, 0.1) is 11.6 Å². The van der Waals surface area contributed by atoms with Gasteiger partial charge >= 0.3 is 0 Å². The molecule has 2 aromatic carbocycles. The van der Waals surface area contributed by atoms with Crippen molar-refractivity contribution < 1.29 is 13.6 Å². The van der Waals surface area contributed by atoms with Crippen LogP contribution in [0.2, 0.25) is 0 Å². The Bertz CT molecular complexity index is 879. The first-order chi connectivity index (χ1) is 12.0. The van der Waals surface area contributed by atoms with Crippen LogP contribution in [0.25, 0.3) is 5.69 Å². The number of rotatable bonds is 4. The maximum atomic E-state index is 13.8. The largest absolute Gasteiger partial charge is 0.335 e. The van der Waals surface area contributed by atoms with Crippen molar-refractivity contribution in [3.63, 3.8) is 0 Å². The van der Waals surface area contributed by atoms with Crippen LogP contribution in [0.15, 0.2) is 55.1 Å². The molecule has 7 heteroatoms. The summed E-state index contributed by atoms with van der Waals surface area (Å²) in [7, 11) is 1.58. The van der Waals surface area contributed by atoms with Crippen LogP contribution in [0.5, 0.6) is 0 Å². The molecule has 128 valence electrons. The van der Waals surface area contributed by atoms with Crippen molar-refractivity contribution in [2.45, 2.75) is 13.0 Å². The number of benzene rings is 2. The fourth-order valence-corrected chi connectivity index (χ4v) is 2.50. The number of hydrogen-bond donors (Lipinski definition) is 0. The van der Waals surface area contributed by atoms with Gasteiger partial charge in [-0.25, -0.2) is 18.4 Å². The second-order valence-electron chi connectivity index (χ2n) is 5.65. The second-order valence-corrected chi connectivity index (χ2v) is 5.65. The number of amides is 1. The van der Waals surface area contributed by atoms with Crippen molar-refractivity contribution in [1.29, 1.82) is 0 Å². The van der Waals surface area contributed by atoms with Gasteiger partial charge in [0.1, 0.15) is 24.3 Å². The molecule has 5 nitrogen and oxygen atoms in total. The third kappa shape index (κ3) is 3.40. The smallest absolute Gasteiger partial charge is 0.257 e. The predicted octanol–water partition coefficient (Wildman–Crippen LogP) is 3.38. The van der Waals surface area contributed by atoms with Crippen molar-refractivity contribution in [3.8, 4) is 5.69 Å². The second kappa shape index (κ2) is 6.80. The van der Waals surface area contributed by atoms with Crippen LogP contribution in [-0.2, 0) is 0 Å². The van der Waals surface area contributed by atoms with Gasteiger partial charge in [0, 0.05) is 13.1 Å². The first kappa shape index (κ1) is 16.8. The Kier molecular flexibility index (Phi) is 4.56. The van der Waals surface area contributed by atoms with Crippen molar-refractivity contribution in [2.75, 3.05) is 7.05 Å². The maximum Gasteiger partial charge on any atom is 0.257 e. The van der Waals surface area contributed by atoms with E-state index in [0.717, 1.165) is 23.4 Å². The minimum atomic E-state index is -0.870. The summed E-state index contributed by atoms with van der Waals surface area (Å²) in [5, 5.41) is 4.05. The molecule has 25 heavy (non-hydrogen) atoms. The molecule has 1 aromatic heterocycles. The lowest BCUT2D eigenvalue weighted by atomic mass is 10.1. The van der Waals surface area contributed by atoms with Crippen LogP contribution in [0.3, 0.4) is 0 Å². The highest BCUT2D eigenvalue weighted by atomic mass is 19.1. The van der Waals surface area contributed by atoms with Gasteiger partial charge in [-0.2, -0.15) is 5.10 Å². The molecule has 0 aliphatic rings. The summed E-state index contributed by atoms with van der Waals surface area (Å²) < 4.78 is 28.5. The van der Waals surface area contributed by atoms with E-state index in [9.17, 15) is 13.6 Å². The highest BCUT2D eigenvalue weighted by molar-refractivity contribution is 5.94. The zero-order valence-electron chi connectivity index (χ0n) is 13.7. The summed E-state index contributed by atoms with van der Waals surface area (Å²) in [5.74, 6) is -2.09. The Morgan fingerprint density at radius 3 is 2.48 bits per heavy atom. The van der Waals surface area contributed by atoms with Gasteiger partial charge in [-0.3, -0.25) is 4.79 Å². The van der Waals surface area contributed by atoms with E-state index in [1.807, 2.05) is 31.2 Å². The summed E-state index contributed by atoms with van der Waals surface area (Å²) in [6.45, 7) is 1.84. The molecule has 1 amide bonds. The lowest BCUT2D eigenvalue weighted by Crippen LogP contribution is -2.30. The van der Waals surface area contributed by atoms with Gasteiger partial charge in [0.25, 0.3) is 5.91 Å². The topological polar surface area (TPSA) is 51.0 Å². The third-order valence-corrected chi connectivity index (χ3v) is 4.12. The van der Waals surface area contributed by atoms with E-state index in [2.05, 4.69) is 10.1 Å². The summed E-state index contributed by atoms with van der Waals surface area (Å²) in [4.78, 5) is 17.8. The fraction of sp³-hybridized carbons (Fsp3) is 0.167. The molecule has 0 spiro atoms. The number of aromatic nitrogens is 3. The summed E-state index contributed by atoms with van der Waals surface area (Å²) in [5.41, 5.74) is 1.56. The summed E-state index contributed by atoms with van der Waals surface area (Å²) >= 11 is 0. The van der Waals surface area contributed by atoms with Gasteiger partial charge in [0.15, 0.2) is 0 Å². The molecule has 0 radical (unpaired) electrons. The molecular weight excluding hydrogens is 326 g/mol. The van der Waals surface area contributed by atoms with Gasteiger partial charge in [-0.1, -0.05) is 12.1 Å². The third-order valence-electron chi connectivity index (χ3n) is 4.12. The Balaban J connectivity index is 1.79. The molecule has 0 fully saturated rings. The Hall–Kier alpha value is -3.09. The number of carbonyl (C=O) groups excluding carboxylic acids is 1. The van der Waals surface area contributed by atoms with E-state index in [0.29, 0.717) is 6.07 Å². The van der Waals surface area contributed by atoms with E-state index >= 15 is 0 Å². The monoisotopic (exact) mass is 342 g/mol. The summed E-state index contributed by atoms with van der Waals surface area (Å²) in [6.07, 6.45) is 3.03. The SMILES string of the molecule is C[C@H](c1ccc(-n2cncn2)cc1)N(C)C(=O)c1ccc(F)cc1F. The molecule has 0 saturated carbocycles. The fourth-order valence-electron chi connectivity index (χ4n) is 2.50. The van der Waals surface area contributed by atoms with Crippen molar-refractivity contribution in [1.82, 2.24) is 19.7 Å². The molecule has 3 aromatic rings. The van der Waals surface area contributed by atoms with Crippen LogP contribution >= 0.6 is 0 Å². The average molecular weight is 342 g/mol. The van der Waals surface area contributed by atoms with Crippen molar-refractivity contribution in [3.05, 3.63) is 77.9 Å². The lowest BCUT2D eigenvalue weighted by Gasteiger charge is -2.25. The van der Waals surface area contributed by atoms with Crippen molar-refractivity contribution in [2.24, 2.45) is 0 Å². The van der Waals surface area contributed by atoms with E-state index < -0.39 is 17.5 Å². The first-order valence-corrected chi connectivity index (χ1v) is 7.64. The molecule has 0 aliphatic heterocycles. The first-order valence-electron chi connectivity index (χ1n) is 7.64. The van der Waals surface area contributed by atoms with Gasteiger partial charge in [0.2, 0.25) is 0 Å². The van der Waals surface area contributed by atoms with Crippen LogP contribution in [0.1, 0.15) is 28.9 Å².